The van der Waals surface area contributed by atoms with E-state index in [2.05, 4.69) is 132 Å². The average Bonchev–Trinajstić information content (AvgIpc) is 3.67. The van der Waals surface area contributed by atoms with Crippen molar-refractivity contribution >= 4 is 22.6 Å². The van der Waals surface area contributed by atoms with E-state index < -0.39 is 9.52 Å². The summed E-state index contributed by atoms with van der Waals surface area (Å²) in [4.78, 5) is 4.44. The molecule has 5 aromatic carbocycles. The number of hydrogen-bond donors (Lipinski definition) is 0. The summed E-state index contributed by atoms with van der Waals surface area (Å²) in [7, 11) is 5.32. The van der Waals surface area contributed by atoms with Crippen molar-refractivity contribution in [3.63, 3.8) is 0 Å². The molecule has 6 rings (SSSR count). The zero-order valence-electron chi connectivity index (χ0n) is 26.4. The van der Waals surface area contributed by atoms with Crippen molar-refractivity contribution in [2.75, 3.05) is 0 Å². The number of nitrogens with zero attached hydrogens (tertiary/aromatic N) is 2. The Kier molecular flexibility index (Phi) is 11.8. The summed E-state index contributed by atoms with van der Waals surface area (Å²) >= 11 is 0. The summed E-state index contributed by atoms with van der Waals surface area (Å²) in [6.07, 6.45) is 12.4. The van der Waals surface area contributed by atoms with E-state index in [-0.39, 0.29) is 11.0 Å². The van der Waals surface area contributed by atoms with Crippen LogP contribution in [0.15, 0.2) is 164 Å². The smallest absolute Gasteiger partial charge is 0.0965 e. The number of unbranched alkanes of at least 4 members (excludes halogenated alkanes) is 3. The maximum absolute atomic E-state index is 6.12. The van der Waals surface area contributed by atoms with Gasteiger partial charge >= 0.3 is 0 Å². The highest BCUT2D eigenvalue weighted by Gasteiger charge is 2.36. The van der Waals surface area contributed by atoms with Crippen LogP contribution in [-0.4, -0.2) is 26.9 Å². The predicted octanol–water partition coefficient (Wildman–Crippen LogP) is 8.19. The average molecular weight is 603 g/mol. The monoisotopic (exact) mass is 602 g/mol. The highest BCUT2D eigenvalue weighted by molar-refractivity contribution is 6.57. The lowest BCUT2D eigenvalue weighted by atomic mass is 9.76. The molecule has 0 N–H and O–H groups in total. The highest BCUT2D eigenvalue weighted by atomic mass is 28.2. The first-order chi connectivity index (χ1) is 22.2. The van der Waals surface area contributed by atoms with E-state index in [1.165, 1.54) is 54.0 Å². The molecule has 0 atom stereocenters. The molecule has 0 bridgehead atoms. The van der Waals surface area contributed by atoms with Gasteiger partial charge in [0.25, 0.3) is 0 Å². The Morgan fingerprint density at radius 2 is 1.22 bits per heavy atom. The van der Waals surface area contributed by atoms with E-state index in [1.807, 2.05) is 48.9 Å². The molecule has 45 heavy (non-hydrogen) atoms. The second-order valence-electron chi connectivity index (χ2n) is 11.7. The van der Waals surface area contributed by atoms with Gasteiger partial charge < -0.3 is 4.57 Å². The Bertz CT molecular complexity index is 1580. The summed E-state index contributed by atoms with van der Waals surface area (Å²) in [5.41, 5.74) is 6.44. The Morgan fingerprint density at radius 3 is 1.73 bits per heavy atom. The lowest BCUT2D eigenvalue weighted by Crippen LogP contribution is -2.46. The van der Waals surface area contributed by atoms with Crippen LogP contribution >= 0.6 is 0 Å². The van der Waals surface area contributed by atoms with Crippen LogP contribution in [0, 0.1) is 0 Å². The minimum Gasteiger partial charge on any atom is -0.326 e. The molecule has 0 amide bonds. The summed E-state index contributed by atoms with van der Waals surface area (Å²) in [5, 5.41) is 1.29. The molecule has 2 nitrogen and oxygen atoms in total. The second kappa shape index (κ2) is 16.6. The van der Waals surface area contributed by atoms with Crippen molar-refractivity contribution in [2.45, 2.75) is 50.0 Å². The fourth-order valence-electron chi connectivity index (χ4n) is 6.13. The summed E-state index contributed by atoms with van der Waals surface area (Å²) in [6, 6.07) is 51.5. The minimum absolute atomic E-state index is 0.0163. The third-order valence-electron chi connectivity index (χ3n) is 8.54. The Balaban J connectivity index is 0.000000238. The first-order valence-electron chi connectivity index (χ1n) is 16.2. The number of rotatable bonds is 12. The molecule has 0 saturated heterocycles. The third-order valence-corrected chi connectivity index (χ3v) is 11.1. The quantitative estimate of drug-likeness (QED) is 0.102. The van der Waals surface area contributed by atoms with Crippen molar-refractivity contribution in [1.29, 1.82) is 0 Å². The van der Waals surface area contributed by atoms with Crippen LogP contribution in [0.1, 0.15) is 66.2 Å². The first kappa shape index (κ1) is 32.0. The molecule has 0 fully saturated rings. The molecule has 4 heteroatoms. The van der Waals surface area contributed by atoms with E-state index in [0.29, 0.717) is 0 Å². The Morgan fingerprint density at radius 1 is 0.667 bits per heavy atom. The van der Waals surface area contributed by atoms with Crippen molar-refractivity contribution in [1.82, 2.24) is 9.55 Å². The summed E-state index contributed by atoms with van der Waals surface area (Å²) in [6.45, 7) is 2.27. The maximum atomic E-state index is 6.12. The van der Waals surface area contributed by atoms with Gasteiger partial charge in [0.2, 0.25) is 0 Å². The van der Waals surface area contributed by atoms with Gasteiger partial charge in [-0.3, -0.25) is 0 Å². The molecule has 0 aliphatic rings. The Labute approximate surface area is 273 Å². The van der Waals surface area contributed by atoms with Crippen LogP contribution in [0.25, 0.3) is 0 Å². The van der Waals surface area contributed by atoms with Crippen LogP contribution in [0.5, 0.6) is 0 Å². The molecule has 6 aromatic rings. The largest absolute Gasteiger partial charge is 0.326 e. The molecule has 0 aliphatic heterocycles. The molecule has 2 radical (unpaired) electrons. The summed E-state index contributed by atoms with van der Waals surface area (Å²) in [5.74, 6) is -0.0163. The van der Waals surface area contributed by atoms with Gasteiger partial charge in [0.15, 0.2) is 0 Å². The topological polar surface area (TPSA) is 17.8 Å². The molecule has 0 spiro atoms. The molecule has 224 valence electrons. The SMILES string of the molecule is CCCCCCc1cccc([SiH2]C(c2ccccc2)(c2ccccc2)n2ccnc2)c1.[B]C(c1ccccc1)c1ccccc1. The van der Waals surface area contributed by atoms with Crippen LogP contribution < -0.4 is 5.19 Å². The van der Waals surface area contributed by atoms with E-state index in [4.69, 9.17) is 7.85 Å². The first-order valence-corrected chi connectivity index (χ1v) is 17.6. The third kappa shape index (κ3) is 8.40. The molecule has 0 saturated carbocycles. The van der Waals surface area contributed by atoms with Crippen LogP contribution in [0.3, 0.4) is 0 Å². The van der Waals surface area contributed by atoms with Crippen LogP contribution in [0.2, 0.25) is 0 Å². The highest BCUT2D eigenvalue weighted by Crippen LogP contribution is 2.33. The van der Waals surface area contributed by atoms with E-state index in [0.717, 1.165) is 11.1 Å². The molecule has 1 heterocycles. The van der Waals surface area contributed by atoms with Gasteiger partial charge in [0.1, 0.15) is 0 Å². The van der Waals surface area contributed by atoms with Crippen LogP contribution in [-0.2, 0) is 11.6 Å². The van der Waals surface area contributed by atoms with Gasteiger partial charge in [-0.05, 0) is 46.5 Å². The van der Waals surface area contributed by atoms with Gasteiger partial charge in [0.05, 0.1) is 28.9 Å². The minimum atomic E-state index is -0.801. The lowest BCUT2D eigenvalue weighted by Gasteiger charge is -2.37. The molecular weight excluding hydrogens is 559 g/mol. The lowest BCUT2D eigenvalue weighted by molar-refractivity contribution is 0.596. The molecular formula is C41H43BN2Si. The zero-order valence-corrected chi connectivity index (χ0v) is 27.8. The zero-order chi connectivity index (χ0) is 31.2. The van der Waals surface area contributed by atoms with Crippen molar-refractivity contribution in [3.8, 4) is 0 Å². The van der Waals surface area contributed by atoms with E-state index in [9.17, 15) is 0 Å². The maximum Gasteiger partial charge on any atom is 0.0965 e. The Hall–Kier alpha value is -4.41. The van der Waals surface area contributed by atoms with Crippen molar-refractivity contribution < 1.29 is 0 Å². The molecule has 0 unspecified atom stereocenters. The van der Waals surface area contributed by atoms with Crippen LogP contribution in [0.4, 0.5) is 0 Å². The van der Waals surface area contributed by atoms with Gasteiger partial charge in [0, 0.05) is 12.4 Å². The number of benzene rings is 5. The second-order valence-corrected chi connectivity index (χ2v) is 13.9. The van der Waals surface area contributed by atoms with Gasteiger partial charge in [-0.15, -0.1) is 0 Å². The number of imidazole rings is 1. The summed E-state index contributed by atoms with van der Waals surface area (Å²) < 4.78 is 2.33. The van der Waals surface area contributed by atoms with Crippen molar-refractivity contribution in [3.05, 3.63) is 192 Å². The van der Waals surface area contributed by atoms with Gasteiger partial charge in [-0.25, -0.2) is 4.98 Å². The fraction of sp³-hybridized carbons (Fsp3) is 0.195. The predicted molar refractivity (Wildman–Crippen MR) is 194 cm³/mol. The number of aromatic nitrogens is 2. The molecule has 1 aromatic heterocycles. The van der Waals surface area contributed by atoms with Crippen molar-refractivity contribution in [2.24, 2.45) is 0 Å². The number of aryl methyl sites for hydroxylation is 1. The normalized spacial score (nSPS) is 11.4. The fourth-order valence-corrected chi connectivity index (χ4v) is 8.59. The van der Waals surface area contributed by atoms with Gasteiger partial charge in [-0.2, -0.15) is 0 Å². The van der Waals surface area contributed by atoms with E-state index in [1.54, 1.807) is 0 Å². The standard InChI is InChI=1S/C28H32N2Si.C13H11B/c1-2-3-4-7-13-24-14-12-19-27(22-24)31-28(30-21-20-29-23-30,25-15-8-5-9-16-25)26-17-10-6-11-18-26;14-13(11-7-3-1-4-8-11)12-9-5-2-6-10-12/h5-6,8-12,14-23H,2-4,7,13,31H2,1H3;1-10,13H. The number of hydrogen-bond acceptors (Lipinski definition) is 1. The van der Waals surface area contributed by atoms with E-state index >= 15 is 0 Å². The van der Waals surface area contributed by atoms with Gasteiger partial charge in [-0.1, -0.05) is 177 Å². The molecule has 0 aliphatic carbocycles.